The van der Waals surface area contributed by atoms with Gasteiger partial charge in [0.1, 0.15) is 0 Å². The average Bonchev–Trinajstić information content (AvgIpc) is 2.80. The zero-order valence-corrected chi connectivity index (χ0v) is 12.3. The molecular weight excluding hydrogens is 256 g/mol. The number of hydrogen-bond donors (Lipinski definition) is 2. The molecule has 1 fully saturated rings. The van der Waals surface area contributed by atoms with E-state index >= 15 is 0 Å². The molecule has 0 atom stereocenters. The predicted molar refractivity (Wildman–Crippen MR) is 82.2 cm³/mol. The highest BCUT2D eigenvalue weighted by Gasteiger charge is 2.23. The molecule has 0 spiro atoms. The normalized spacial score (nSPS) is 15.3. The van der Waals surface area contributed by atoms with E-state index in [1.807, 2.05) is 26.0 Å². The highest BCUT2D eigenvalue weighted by Crippen LogP contribution is 2.24. The summed E-state index contributed by atoms with van der Waals surface area (Å²) < 4.78 is 0. The van der Waals surface area contributed by atoms with Crippen LogP contribution in [0.3, 0.4) is 0 Å². The van der Waals surface area contributed by atoms with Crippen LogP contribution in [-0.4, -0.2) is 11.0 Å². The lowest BCUT2D eigenvalue weighted by Crippen LogP contribution is -2.37. The number of carbonyl (C=O) groups is 1. The van der Waals surface area contributed by atoms with Crippen molar-refractivity contribution in [3.05, 3.63) is 29.3 Å². The van der Waals surface area contributed by atoms with E-state index in [2.05, 4.69) is 16.7 Å². The van der Waals surface area contributed by atoms with Gasteiger partial charge in [-0.25, -0.2) is 0 Å². The summed E-state index contributed by atoms with van der Waals surface area (Å²) >= 11 is 5.19. The molecule has 2 rings (SSSR count). The van der Waals surface area contributed by atoms with E-state index in [1.54, 1.807) is 0 Å². The number of aryl methyl sites for hydroxylation is 2. The van der Waals surface area contributed by atoms with Gasteiger partial charge in [-0.1, -0.05) is 18.9 Å². The molecule has 3 nitrogen and oxygen atoms in total. The molecule has 0 saturated heterocycles. The molecule has 0 heterocycles. The zero-order chi connectivity index (χ0) is 13.8. The SMILES string of the molecule is Cc1cc(C)cc(NC(=S)NC(=O)C2CCCC2)c1. The van der Waals surface area contributed by atoms with Crippen molar-refractivity contribution >= 4 is 28.9 Å². The second-order valence-corrected chi connectivity index (χ2v) is 5.71. The molecule has 0 bridgehead atoms. The smallest absolute Gasteiger partial charge is 0.229 e. The fourth-order valence-electron chi connectivity index (χ4n) is 2.61. The van der Waals surface area contributed by atoms with Crippen molar-refractivity contribution in [2.24, 2.45) is 5.92 Å². The van der Waals surface area contributed by atoms with Crippen LogP contribution in [0, 0.1) is 19.8 Å². The van der Waals surface area contributed by atoms with Crippen LogP contribution >= 0.6 is 12.2 Å². The maximum atomic E-state index is 11.9. The molecule has 0 radical (unpaired) electrons. The van der Waals surface area contributed by atoms with Crippen LogP contribution in [0.2, 0.25) is 0 Å². The third-order valence-electron chi connectivity index (χ3n) is 3.44. The van der Waals surface area contributed by atoms with Gasteiger partial charge >= 0.3 is 0 Å². The van der Waals surface area contributed by atoms with Gasteiger partial charge in [0.05, 0.1) is 0 Å². The van der Waals surface area contributed by atoms with E-state index in [9.17, 15) is 4.79 Å². The molecule has 1 aromatic rings. The molecule has 1 saturated carbocycles. The van der Waals surface area contributed by atoms with Crippen molar-refractivity contribution in [3.63, 3.8) is 0 Å². The van der Waals surface area contributed by atoms with Crippen molar-refractivity contribution in [1.82, 2.24) is 5.32 Å². The Morgan fingerprint density at radius 1 is 1.16 bits per heavy atom. The molecule has 1 amide bonds. The van der Waals surface area contributed by atoms with E-state index < -0.39 is 0 Å². The quantitative estimate of drug-likeness (QED) is 0.814. The van der Waals surface area contributed by atoms with E-state index in [0.717, 1.165) is 31.4 Å². The van der Waals surface area contributed by atoms with E-state index in [1.165, 1.54) is 11.1 Å². The Morgan fingerprint density at radius 3 is 2.32 bits per heavy atom. The van der Waals surface area contributed by atoms with Crippen LogP contribution in [0.25, 0.3) is 0 Å². The number of carbonyl (C=O) groups excluding carboxylic acids is 1. The number of anilines is 1. The summed E-state index contributed by atoms with van der Waals surface area (Å²) in [6, 6.07) is 6.13. The Balaban J connectivity index is 1.91. The lowest BCUT2D eigenvalue weighted by molar-refractivity contribution is -0.123. The molecule has 19 heavy (non-hydrogen) atoms. The molecule has 0 unspecified atom stereocenters. The van der Waals surface area contributed by atoms with Gasteiger partial charge in [0, 0.05) is 11.6 Å². The molecule has 1 aromatic carbocycles. The largest absolute Gasteiger partial charge is 0.332 e. The minimum absolute atomic E-state index is 0.0550. The van der Waals surface area contributed by atoms with Crippen LogP contribution in [0.1, 0.15) is 36.8 Å². The average molecular weight is 276 g/mol. The van der Waals surface area contributed by atoms with Crippen molar-refractivity contribution in [1.29, 1.82) is 0 Å². The topological polar surface area (TPSA) is 41.1 Å². The maximum absolute atomic E-state index is 11.9. The van der Waals surface area contributed by atoms with Crippen molar-refractivity contribution in [3.8, 4) is 0 Å². The van der Waals surface area contributed by atoms with Crippen molar-refractivity contribution < 1.29 is 4.79 Å². The van der Waals surface area contributed by atoms with Crippen LogP contribution in [0.4, 0.5) is 5.69 Å². The van der Waals surface area contributed by atoms with Gasteiger partial charge in [0.25, 0.3) is 0 Å². The van der Waals surface area contributed by atoms with Crippen LogP contribution in [-0.2, 0) is 4.79 Å². The van der Waals surface area contributed by atoms with E-state index in [4.69, 9.17) is 12.2 Å². The fourth-order valence-corrected chi connectivity index (χ4v) is 2.83. The summed E-state index contributed by atoms with van der Waals surface area (Å²) in [5, 5.41) is 6.26. The lowest BCUT2D eigenvalue weighted by Gasteiger charge is -2.13. The Hall–Kier alpha value is -1.42. The number of benzene rings is 1. The number of rotatable bonds is 2. The highest BCUT2D eigenvalue weighted by molar-refractivity contribution is 7.80. The Bertz CT molecular complexity index is 473. The third kappa shape index (κ3) is 4.03. The van der Waals surface area contributed by atoms with Gasteiger partial charge in [-0.3, -0.25) is 4.79 Å². The summed E-state index contributed by atoms with van der Waals surface area (Å²) in [6.07, 6.45) is 4.26. The second kappa shape index (κ2) is 6.15. The number of nitrogens with one attached hydrogen (secondary N) is 2. The minimum atomic E-state index is 0.0550. The summed E-state index contributed by atoms with van der Waals surface area (Å²) in [5.74, 6) is 0.193. The van der Waals surface area contributed by atoms with Crippen LogP contribution in [0.15, 0.2) is 18.2 Å². The number of amides is 1. The maximum Gasteiger partial charge on any atom is 0.229 e. The van der Waals surface area contributed by atoms with Crippen LogP contribution < -0.4 is 10.6 Å². The third-order valence-corrected chi connectivity index (χ3v) is 3.65. The first-order valence-electron chi connectivity index (χ1n) is 6.75. The molecule has 2 N–H and O–H groups in total. The van der Waals surface area contributed by atoms with E-state index in [-0.39, 0.29) is 11.8 Å². The summed E-state index contributed by atoms with van der Waals surface area (Å²) in [4.78, 5) is 11.9. The highest BCUT2D eigenvalue weighted by atomic mass is 32.1. The molecular formula is C15H20N2OS. The molecule has 0 aromatic heterocycles. The Morgan fingerprint density at radius 2 is 1.74 bits per heavy atom. The molecule has 4 heteroatoms. The van der Waals surface area contributed by atoms with Gasteiger partial charge in [0.2, 0.25) is 5.91 Å². The first kappa shape index (κ1) is 14.0. The van der Waals surface area contributed by atoms with Gasteiger partial charge in [-0.05, 0) is 62.2 Å². The molecule has 1 aliphatic carbocycles. The van der Waals surface area contributed by atoms with Crippen molar-refractivity contribution in [2.45, 2.75) is 39.5 Å². The lowest BCUT2D eigenvalue weighted by atomic mass is 10.1. The van der Waals surface area contributed by atoms with Crippen LogP contribution in [0.5, 0.6) is 0 Å². The number of thiocarbonyl (C=S) groups is 1. The van der Waals surface area contributed by atoms with Gasteiger partial charge < -0.3 is 10.6 Å². The van der Waals surface area contributed by atoms with Gasteiger partial charge in [-0.2, -0.15) is 0 Å². The zero-order valence-electron chi connectivity index (χ0n) is 11.5. The summed E-state index contributed by atoms with van der Waals surface area (Å²) in [5.41, 5.74) is 3.27. The van der Waals surface area contributed by atoms with E-state index in [0.29, 0.717) is 5.11 Å². The fraction of sp³-hybridized carbons (Fsp3) is 0.467. The first-order valence-corrected chi connectivity index (χ1v) is 7.15. The molecule has 102 valence electrons. The van der Waals surface area contributed by atoms with Crippen molar-refractivity contribution in [2.75, 3.05) is 5.32 Å². The molecule has 0 aliphatic heterocycles. The molecule has 1 aliphatic rings. The van der Waals surface area contributed by atoms with Gasteiger partial charge in [-0.15, -0.1) is 0 Å². The number of hydrogen-bond acceptors (Lipinski definition) is 2. The Labute approximate surface area is 119 Å². The summed E-state index contributed by atoms with van der Waals surface area (Å²) in [6.45, 7) is 4.08. The Kier molecular flexibility index (Phi) is 4.53. The van der Waals surface area contributed by atoms with Gasteiger partial charge in [0.15, 0.2) is 5.11 Å². The first-order chi connectivity index (χ1) is 9.04. The second-order valence-electron chi connectivity index (χ2n) is 5.30. The predicted octanol–water partition coefficient (Wildman–Crippen LogP) is 3.31. The standard InChI is InChI=1S/C15H20N2OS/c1-10-7-11(2)9-13(8-10)16-15(19)17-14(18)12-5-3-4-6-12/h7-9,12H,3-6H2,1-2H3,(H2,16,17,18,19). The summed E-state index contributed by atoms with van der Waals surface area (Å²) in [7, 11) is 0. The monoisotopic (exact) mass is 276 g/mol. The minimum Gasteiger partial charge on any atom is -0.332 e.